The van der Waals surface area contributed by atoms with E-state index in [9.17, 15) is 18.0 Å². The minimum atomic E-state index is -4.54. The Morgan fingerprint density at radius 1 is 1.22 bits per heavy atom. The second-order valence-electron chi connectivity index (χ2n) is 7.21. The van der Waals surface area contributed by atoms with Crippen molar-refractivity contribution in [1.82, 2.24) is 14.7 Å². The number of benzene rings is 1. The molecule has 1 N–H and O–H groups in total. The second-order valence-corrected chi connectivity index (χ2v) is 7.56. The van der Waals surface area contributed by atoms with E-state index in [1.807, 2.05) is 4.90 Å². The first-order valence-electron chi connectivity index (χ1n) is 9.94. The Labute approximate surface area is 187 Å². The van der Waals surface area contributed by atoms with Gasteiger partial charge in [-0.3, -0.25) is 9.20 Å². The van der Waals surface area contributed by atoms with E-state index < -0.39 is 17.6 Å². The first kappa shape index (κ1) is 22.2. The molecule has 3 heterocycles. The maximum Gasteiger partial charge on any atom is 0.416 e. The van der Waals surface area contributed by atoms with Gasteiger partial charge in [0.2, 0.25) is 5.91 Å². The molecule has 32 heavy (non-hydrogen) atoms. The van der Waals surface area contributed by atoms with Gasteiger partial charge in [0.05, 0.1) is 24.5 Å². The van der Waals surface area contributed by atoms with E-state index in [-0.39, 0.29) is 17.3 Å². The third-order valence-electron chi connectivity index (χ3n) is 5.14. The van der Waals surface area contributed by atoms with Crippen LogP contribution in [0.5, 0.6) is 0 Å². The standard InChI is InChI=1S/C22H20ClF3N4O2/c23-21-18(30-8-2-1-3-19(30)28-21)6-7-20(31)27-14-15-4-5-16(13-17(15)22(24,25)26)29-9-11-32-12-10-29/h1-8,13H,9-12,14H2,(H,27,31). The number of nitrogens with one attached hydrogen (secondary N) is 1. The van der Waals surface area contributed by atoms with Gasteiger partial charge in [-0.05, 0) is 35.9 Å². The van der Waals surface area contributed by atoms with Crippen molar-refractivity contribution in [1.29, 1.82) is 0 Å². The topological polar surface area (TPSA) is 58.9 Å². The van der Waals surface area contributed by atoms with Crippen molar-refractivity contribution >= 4 is 34.9 Å². The fourth-order valence-corrected chi connectivity index (χ4v) is 3.77. The van der Waals surface area contributed by atoms with Crippen LogP contribution >= 0.6 is 11.6 Å². The molecular weight excluding hydrogens is 445 g/mol. The van der Waals surface area contributed by atoms with Crippen molar-refractivity contribution in [3.05, 3.63) is 70.6 Å². The molecule has 1 saturated heterocycles. The highest BCUT2D eigenvalue weighted by atomic mass is 35.5. The number of pyridine rings is 1. The van der Waals surface area contributed by atoms with Gasteiger partial charge >= 0.3 is 6.18 Å². The fraction of sp³-hybridized carbons (Fsp3) is 0.273. The maximum atomic E-state index is 13.7. The molecule has 4 rings (SSSR count). The van der Waals surface area contributed by atoms with E-state index in [0.717, 1.165) is 6.07 Å². The summed E-state index contributed by atoms with van der Waals surface area (Å²) < 4.78 is 47.9. The number of carbonyl (C=O) groups is 1. The zero-order chi connectivity index (χ0) is 22.7. The Balaban J connectivity index is 1.48. The van der Waals surface area contributed by atoms with Crippen LogP contribution in [0.15, 0.2) is 48.7 Å². The number of hydrogen-bond donors (Lipinski definition) is 1. The maximum absolute atomic E-state index is 13.7. The largest absolute Gasteiger partial charge is 0.416 e. The van der Waals surface area contributed by atoms with E-state index in [1.165, 1.54) is 18.2 Å². The predicted molar refractivity (Wildman–Crippen MR) is 116 cm³/mol. The summed E-state index contributed by atoms with van der Waals surface area (Å²) in [5.41, 5.74) is 0.827. The normalized spacial score (nSPS) is 14.9. The molecule has 0 atom stereocenters. The van der Waals surface area contributed by atoms with Crippen LogP contribution in [0, 0.1) is 0 Å². The molecule has 168 valence electrons. The molecule has 0 unspecified atom stereocenters. The van der Waals surface area contributed by atoms with Gasteiger partial charge in [-0.15, -0.1) is 0 Å². The fourth-order valence-electron chi connectivity index (χ4n) is 3.53. The van der Waals surface area contributed by atoms with E-state index in [1.54, 1.807) is 34.9 Å². The number of aromatic nitrogens is 2. The average Bonchev–Trinajstić information content (AvgIpc) is 3.11. The summed E-state index contributed by atoms with van der Waals surface area (Å²) in [6, 6.07) is 9.53. The van der Waals surface area contributed by atoms with E-state index in [0.29, 0.717) is 43.3 Å². The monoisotopic (exact) mass is 464 g/mol. The molecule has 1 aliphatic rings. The van der Waals surface area contributed by atoms with Gasteiger partial charge in [-0.1, -0.05) is 23.7 Å². The molecule has 1 fully saturated rings. The number of carbonyl (C=O) groups excluding carboxylic acids is 1. The minimum Gasteiger partial charge on any atom is -0.378 e. The van der Waals surface area contributed by atoms with E-state index >= 15 is 0 Å². The number of alkyl halides is 3. The highest BCUT2D eigenvalue weighted by Gasteiger charge is 2.34. The number of nitrogens with zero attached hydrogens (tertiary/aromatic N) is 3. The molecule has 6 nitrogen and oxygen atoms in total. The van der Waals surface area contributed by atoms with Gasteiger partial charge in [0.25, 0.3) is 0 Å². The lowest BCUT2D eigenvalue weighted by atomic mass is 10.0. The van der Waals surface area contributed by atoms with Gasteiger partial charge in [0.1, 0.15) is 5.65 Å². The van der Waals surface area contributed by atoms with Gasteiger partial charge in [-0.2, -0.15) is 13.2 Å². The van der Waals surface area contributed by atoms with Crippen molar-refractivity contribution in [2.75, 3.05) is 31.2 Å². The summed E-state index contributed by atoms with van der Waals surface area (Å²) in [7, 11) is 0. The SMILES string of the molecule is O=C(C=Cc1c(Cl)nc2ccccn12)NCc1ccc(N2CCOCC2)cc1C(F)(F)F. The van der Waals surface area contributed by atoms with Crippen LogP contribution in [0.3, 0.4) is 0 Å². The van der Waals surface area contributed by atoms with Gasteiger partial charge in [0, 0.05) is 37.6 Å². The summed E-state index contributed by atoms with van der Waals surface area (Å²) in [4.78, 5) is 18.3. The van der Waals surface area contributed by atoms with Crippen LogP contribution in [0.1, 0.15) is 16.8 Å². The van der Waals surface area contributed by atoms with E-state index in [2.05, 4.69) is 10.3 Å². The third kappa shape index (κ3) is 4.89. The summed E-state index contributed by atoms with van der Waals surface area (Å²) >= 11 is 6.12. The van der Waals surface area contributed by atoms with Crippen LogP contribution in [0.25, 0.3) is 11.7 Å². The van der Waals surface area contributed by atoms with E-state index in [4.69, 9.17) is 16.3 Å². The van der Waals surface area contributed by atoms with Crippen molar-refractivity contribution in [2.45, 2.75) is 12.7 Å². The van der Waals surface area contributed by atoms with Crippen molar-refractivity contribution in [2.24, 2.45) is 0 Å². The number of rotatable bonds is 5. The quantitative estimate of drug-likeness (QED) is 0.576. The van der Waals surface area contributed by atoms with Gasteiger partial charge < -0.3 is 15.0 Å². The Morgan fingerprint density at radius 3 is 2.75 bits per heavy atom. The number of halogens is 4. The second kappa shape index (κ2) is 9.22. The Morgan fingerprint density at radius 2 is 2.00 bits per heavy atom. The molecule has 1 aromatic carbocycles. The van der Waals surface area contributed by atoms with Crippen molar-refractivity contribution in [3.8, 4) is 0 Å². The molecule has 0 radical (unpaired) electrons. The number of hydrogen-bond acceptors (Lipinski definition) is 4. The summed E-state index contributed by atoms with van der Waals surface area (Å²) in [6.45, 7) is 1.75. The highest BCUT2D eigenvalue weighted by molar-refractivity contribution is 6.31. The molecule has 0 spiro atoms. The lowest BCUT2D eigenvalue weighted by Gasteiger charge is -2.29. The first-order valence-corrected chi connectivity index (χ1v) is 10.3. The number of morpholine rings is 1. The van der Waals surface area contributed by atoms with Crippen LogP contribution < -0.4 is 10.2 Å². The van der Waals surface area contributed by atoms with Crippen LogP contribution in [-0.2, 0) is 22.3 Å². The van der Waals surface area contributed by atoms with Crippen molar-refractivity contribution in [3.63, 3.8) is 0 Å². The average molecular weight is 465 g/mol. The molecule has 0 bridgehead atoms. The lowest BCUT2D eigenvalue weighted by molar-refractivity contribution is -0.138. The zero-order valence-corrected chi connectivity index (χ0v) is 17.7. The third-order valence-corrected chi connectivity index (χ3v) is 5.42. The molecule has 10 heteroatoms. The number of ether oxygens (including phenoxy) is 1. The smallest absolute Gasteiger partial charge is 0.378 e. The molecular formula is C22H20ClF3N4O2. The summed E-state index contributed by atoms with van der Waals surface area (Å²) in [6.07, 6.45) is -0.0960. The number of anilines is 1. The van der Waals surface area contributed by atoms with Crippen LogP contribution in [0.4, 0.5) is 18.9 Å². The van der Waals surface area contributed by atoms with Gasteiger partial charge in [0.15, 0.2) is 5.15 Å². The Bertz CT molecular complexity index is 1150. The van der Waals surface area contributed by atoms with Crippen LogP contribution in [0.2, 0.25) is 5.15 Å². The molecule has 2 aromatic heterocycles. The predicted octanol–water partition coefficient (Wildman–Crippen LogP) is 4.17. The van der Waals surface area contributed by atoms with Crippen molar-refractivity contribution < 1.29 is 22.7 Å². The number of imidazole rings is 1. The summed E-state index contributed by atoms with van der Waals surface area (Å²) in [5, 5.41) is 2.73. The molecule has 0 aliphatic carbocycles. The molecule has 1 amide bonds. The highest BCUT2D eigenvalue weighted by Crippen LogP contribution is 2.35. The number of fused-ring (bicyclic) bond motifs is 1. The first-order chi connectivity index (χ1) is 15.3. The summed E-state index contributed by atoms with van der Waals surface area (Å²) in [5.74, 6) is -0.544. The molecule has 0 saturated carbocycles. The minimum absolute atomic E-state index is 0.0101. The molecule has 1 aliphatic heterocycles. The Hall–Kier alpha value is -3.04. The van der Waals surface area contributed by atoms with Crippen LogP contribution in [-0.4, -0.2) is 41.6 Å². The lowest BCUT2D eigenvalue weighted by Crippen LogP contribution is -2.36. The Kier molecular flexibility index (Phi) is 6.38. The van der Waals surface area contributed by atoms with Gasteiger partial charge in [-0.25, -0.2) is 4.98 Å². The molecule has 3 aromatic rings. The zero-order valence-electron chi connectivity index (χ0n) is 16.9. The number of amides is 1.